The molecule has 1 heterocycles. The first-order valence-electron chi connectivity index (χ1n) is 6.31. The van der Waals surface area contributed by atoms with E-state index in [1.54, 1.807) is 6.07 Å². The zero-order chi connectivity index (χ0) is 13.3. The third-order valence-electron chi connectivity index (χ3n) is 3.66. The molecule has 2 atom stereocenters. The number of benzene rings is 1. The van der Waals surface area contributed by atoms with E-state index in [1.165, 1.54) is 0 Å². The van der Waals surface area contributed by atoms with Crippen LogP contribution in [-0.4, -0.2) is 24.1 Å². The number of hydrogen-bond acceptors (Lipinski definition) is 3. The van der Waals surface area contributed by atoms with E-state index in [9.17, 15) is 9.90 Å². The van der Waals surface area contributed by atoms with Gasteiger partial charge in [-0.1, -0.05) is 6.92 Å². The molecule has 1 aliphatic heterocycles. The third-order valence-corrected chi connectivity index (χ3v) is 3.66. The van der Waals surface area contributed by atoms with Gasteiger partial charge in [-0.05, 0) is 49.6 Å². The smallest absolute Gasteiger partial charge is 0.229 e. The fourth-order valence-electron chi connectivity index (χ4n) is 2.32. The Morgan fingerprint density at radius 2 is 2.06 bits per heavy atom. The molecule has 98 valence electrons. The fraction of sp³-hybridized carbons (Fsp3) is 0.500. The summed E-state index contributed by atoms with van der Waals surface area (Å²) in [6, 6.07) is 3.50. The number of nitrogens with one attached hydrogen (secondary N) is 2. The highest BCUT2D eigenvalue weighted by molar-refractivity contribution is 5.94. The SMILES string of the molecule is Cc1cc(NC(=O)[C@@H]2CNC[C@H]2C)c(C)cc1O. The largest absolute Gasteiger partial charge is 0.508 e. The molecule has 0 bridgehead atoms. The van der Waals surface area contributed by atoms with Gasteiger partial charge in [0.25, 0.3) is 0 Å². The van der Waals surface area contributed by atoms with Gasteiger partial charge in [-0.3, -0.25) is 4.79 Å². The van der Waals surface area contributed by atoms with Gasteiger partial charge in [0, 0.05) is 12.2 Å². The minimum Gasteiger partial charge on any atom is -0.508 e. The van der Waals surface area contributed by atoms with Crippen molar-refractivity contribution >= 4 is 11.6 Å². The van der Waals surface area contributed by atoms with Crippen molar-refractivity contribution in [3.63, 3.8) is 0 Å². The number of carbonyl (C=O) groups excluding carboxylic acids is 1. The van der Waals surface area contributed by atoms with Crippen LogP contribution >= 0.6 is 0 Å². The Balaban J connectivity index is 2.14. The van der Waals surface area contributed by atoms with Crippen molar-refractivity contribution in [2.24, 2.45) is 11.8 Å². The summed E-state index contributed by atoms with van der Waals surface area (Å²) in [6.07, 6.45) is 0. The van der Waals surface area contributed by atoms with Crippen molar-refractivity contribution in [3.05, 3.63) is 23.3 Å². The summed E-state index contributed by atoms with van der Waals surface area (Å²) in [5.74, 6) is 0.712. The maximum atomic E-state index is 12.2. The van der Waals surface area contributed by atoms with Gasteiger partial charge in [0.2, 0.25) is 5.91 Å². The quantitative estimate of drug-likeness (QED) is 0.699. The van der Waals surface area contributed by atoms with Gasteiger partial charge in [-0.2, -0.15) is 0 Å². The standard InChI is InChI=1S/C14H20N2O2/c1-8-5-13(17)9(2)4-12(8)16-14(18)11-7-15-6-10(11)3/h4-5,10-11,15,17H,6-7H2,1-3H3,(H,16,18)/t10-,11-/m1/s1. The Morgan fingerprint density at radius 3 is 2.67 bits per heavy atom. The van der Waals surface area contributed by atoms with Crippen LogP contribution in [0.5, 0.6) is 5.75 Å². The third kappa shape index (κ3) is 2.48. The molecule has 1 saturated heterocycles. The molecular formula is C14H20N2O2. The molecule has 4 nitrogen and oxygen atoms in total. The van der Waals surface area contributed by atoms with Crippen LogP contribution in [-0.2, 0) is 4.79 Å². The highest BCUT2D eigenvalue weighted by atomic mass is 16.3. The highest BCUT2D eigenvalue weighted by Gasteiger charge is 2.29. The summed E-state index contributed by atoms with van der Waals surface area (Å²) in [4.78, 5) is 12.2. The number of carbonyl (C=O) groups is 1. The Bertz CT molecular complexity index is 471. The van der Waals surface area contributed by atoms with E-state index in [2.05, 4.69) is 17.6 Å². The second-order valence-electron chi connectivity index (χ2n) is 5.18. The summed E-state index contributed by atoms with van der Waals surface area (Å²) in [5.41, 5.74) is 2.44. The zero-order valence-corrected chi connectivity index (χ0v) is 11.1. The van der Waals surface area contributed by atoms with Crippen molar-refractivity contribution in [2.75, 3.05) is 18.4 Å². The second kappa shape index (κ2) is 4.98. The molecule has 1 aromatic carbocycles. The van der Waals surface area contributed by atoms with E-state index in [0.717, 1.165) is 29.9 Å². The van der Waals surface area contributed by atoms with E-state index in [0.29, 0.717) is 5.92 Å². The minimum atomic E-state index is 0.0264. The zero-order valence-electron chi connectivity index (χ0n) is 11.1. The molecule has 1 amide bonds. The topological polar surface area (TPSA) is 61.4 Å². The monoisotopic (exact) mass is 248 g/mol. The number of rotatable bonds is 2. The van der Waals surface area contributed by atoms with E-state index in [1.807, 2.05) is 19.9 Å². The Hall–Kier alpha value is -1.55. The molecule has 2 rings (SSSR count). The van der Waals surface area contributed by atoms with Crippen molar-refractivity contribution < 1.29 is 9.90 Å². The van der Waals surface area contributed by atoms with Crippen molar-refractivity contribution in [1.82, 2.24) is 5.32 Å². The molecule has 0 saturated carbocycles. The first kappa shape index (κ1) is 12.9. The maximum absolute atomic E-state index is 12.2. The van der Waals surface area contributed by atoms with Crippen LogP contribution in [0.4, 0.5) is 5.69 Å². The predicted molar refractivity (Wildman–Crippen MR) is 71.7 cm³/mol. The van der Waals surface area contributed by atoms with Gasteiger partial charge in [-0.25, -0.2) is 0 Å². The molecule has 0 unspecified atom stereocenters. The fourth-order valence-corrected chi connectivity index (χ4v) is 2.32. The van der Waals surface area contributed by atoms with Crippen LogP contribution < -0.4 is 10.6 Å². The lowest BCUT2D eigenvalue weighted by molar-refractivity contribution is -0.120. The Labute approximate surface area is 107 Å². The first-order valence-corrected chi connectivity index (χ1v) is 6.31. The average molecular weight is 248 g/mol. The molecule has 3 N–H and O–H groups in total. The second-order valence-corrected chi connectivity index (χ2v) is 5.18. The molecule has 0 aliphatic carbocycles. The van der Waals surface area contributed by atoms with E-state index in [4.69, 9.17) is 0 Å². The molecule has 0 radical (unpaired) electrons. The number of anilines is 1. The van der Waals surface area contributed by atoms with Gasteiger partial charge in [0.1, 0.15) is 5.75 Å². The predicted octanol–water partition coefficient (Wildman–Crippen LogP) is 1.80. The molecular weight excluding hydrogens is 228 g/mol. The van der Waals surface area contributed by atoms with Crippen molar-refractivity contribution in [2.45, 2.75) is 20.8 Å². The molecule has 1 aliphatic rings. The highest BCUT2D eigenvalue weighted by Crippen LogP contribution is 2.26. The van der Waals surface area contributed by atoms with Crippen LogP contribution in [0.15, 0.2) is 12.1 Å². The van der Waals surface area contributed by atoms with Crippen LogP contribution in [0.1, 0.15) is 18.1 Å². The maximum Gasteiger partial charge on any atom is 0.229 e. The van der Waals surface area contributed by atoms with Crippen LogP contribution in [0.25, 0.3) is 0 Å². The van der Waals surface area contributed by atoms with E-state index < -0.39 is 0 Å². The van der Waals surface area contributed by atoms with Crippen LogP contribution in [0.2, 0.25) is 0 Å². The molecule has 4 heteroatoms. The summed E-state index contributed by atoms with van der Waals surface area (Å²) < 4.78 is 0. The van der Waals surface area contributed by atoms with E-state index in [-0.39, 0.29) is 17.6 Å². The summed E-state index contributed by atoms with van der Waals surface area (Å²) in [7, 11) is 0. The van der Waals surface area contributed by atoms with Crippen LogP contribution in [0, 0.1) is 25.7 Å². The number of hydrogen-bond donors (Lipinski definition) is 3. The van der Waals surface area contributed by atoms with Crippen molar-refractivity contribution in [1.29, 1.82) is 0 Å². The minimum absolute atomic E-state index is 0.0264. The van der Waals surface area contributed by atoms with Crippen molar-refractivity contribution in [3.8, 4) is 5.75 Å². The Kier molecular flexibility index (Phi) is 3.57. The van der Waals surface area contributed by atoms with Gasteiger partial charge in [-0.15, -0.1) is 0 Å². The summed E-state index contributed by atoms with van der Waals surface area (Å²) in [5, 5.41) is 15.8. The van der Waals surface area contributed by atoms with Gasteiger partial charge in [0.15, 0.2) is 0 Å². The molecule has 1 fully saturated rings. The van der Waals surface area contributed by atoms with E-state index >= 15 is 0 Å². The number of aromatic hydroxyl groups is 1. The number of phenolic OH excluding ortho intramolecular Hbond substituents is 1. The Morgan fingerprint density at radius 1 is 1.33 bits per heavy atom. The normalized spacial score (nSPS) is 23.1. The lowest BCUT2D eigenvalue weighted by Gasteiger charge is -2.16. The number of amides is 1. The van der Waals surface area contributed by atoms with Gasteiger partial charge >= 0.3 is 0 Å². The summed E-state index contributed by atoms with van der Waals surface area (Å²) >= 11 is 0. The molecule has 18 heavy (non-hydrogen) atoms. The first-order chi connectivity index (χ1) is 8.49. The lowest BCUT2D eigenvalue weighted by Crippen LogP contribution is -2.28. The van der Waals surface area contributed by atoms with Gasteiger partial charge in [0.05, 0.1) is 5.92 Å². The molecule has 0 spiro atoms. The summed E-state index contributed by atoms with van der Waals surface area (Å²) in [6.45, 7) is 7.42. The van der Waals surface area contributed by atoms with Crippen LogP contribution in [0.3, 0.4) is 0 Å². The number of aryl methyl sites for hydroxylation is 2. The lowest BCUT2D eigenvalue weighted by atomic mass is 9.97. The number of phenols is 1. The average Bonchev–Trinajstić information content (AvgIpc) is 2.72. The van der Waals surface area contributed by atoms with Gasteiger partial charge < -0.3 is 15.7 Å². The molecule has 0 aromatic heterocycles. The molecule has 1 aromatic rings.